The summed E-state index contributed by atoms with van der Waals surface area (Å²) in [6.45, 7) is 6.14. The van der Waals surface area contributed by atoms with E-state index in [0.29, 0.717) is 25.6 Å². The average Bonchev–Trinajstić information content (AvgIpc) is 3.33. The number of hydrogen-bond donors (Lipinski definition) is 1. The third kappa shape index (κ3) is 5.45. The smallest absolute Gasteiger partial charge is 0.240 e. The number of thiophene rings is 1. The molecule has 0 unspecified atom stereocenters. The molecule has 2 aromatic heterocycles. The first kappa shape index (κ1) is 21.4. The fourth-order valence-electron chi connectivity index (χ4n) is 3.54. The van der Waals surface area contributed by atoms with Crippen molar-refractivity contribution in [2.45, 2.75) is 6.92 Å². The Morgan fingerprint density at radius 1 is 1.23 bits per heavy atom. The predicted octanol–water partition coefficient (Wildman–Crippen LogP) is 3.52. The number of likely N-dealkylation sites (N-methyl/N-ethyl adjacent to an activating group) is 1. The Bertz CT molecular complexity index is 963. The highest BCUT2D eigenvalue weighted by Gasteiger charge is 2.20. The normalized spacial score (nSPS) is 14.5. The van der Waals surface area contributed by atoms with Crippen molar-refractivity contribution in [1.82, 2.24) is 20.0 Å². The van der Waals surface area contributed by atoms with Crippen LogP contribution in [-0.2, 0) is 9.53 Å². The molecule has 0 aliphatic carbocycles. The van der Waals surface area contributed by atoms with Crippen LogP contribution >= 0.6 is 11.3 Å². The molecule has 1 N–H and O–H groups in total. The number of nitrogens with zero attached hydrogens (tertiary/aromatic N) is 5. The molecule has 0 saturated carbocycles. The summed E-state index contributed by atoms with van der Waals surface area (Å²) in [4.78, 5) is 23.4. The van der Waals surface area contributed by atoms with Crippen LogP contribution in [0, 0.1) is 0 Å². The maximum absolute atomic E-state index is 12.8. The van der Waals surface area contributed by atoms with Crippen LogP contribution < -0.4 is 10.2 Å². The van der Waals surface area contributed by atoms with Crippen molar-refractivity contribution in [1.29, 1.82) is 0 Å². The van der Waals surface area contributed by atoms with Crippen LogP contribution in [0.5, 0.6) is 0 Å². The topological polar surface area (TPSA) is 73.8 Å². The molecule has 3 aromatic rings. The highest BCUT2D eigenvalue weighted by Crippen LogP contribution is 2.35. The quantitative estimate of drug-likeness (QED) is 0.577. The van der Waals surface area contributed by atoms with E-state index in [1.807, 2.05) is 40.6 Å². The number of benzene rings is 1. The van der Waals surface area contributed by atoms with Crippen LogP contribution in [0.2, 0.25) is 0 Å². The highest BCUT2D eigenvalue weighted by atomic mass is 32.1. The number of rotatable bonds is 8. The van der Waals surface area contributed by atoms with Crippen molar-refractivity contribution in [2.75, 3.05) is 49.6 Å². The summed E-state index contributed by atoms with van der Waals surface area (Å²) in [6, 6.07) is 9.81. The molecule has 1 fully saturated rings. The molecular weight excluding hydrogens is 412 g/mol. The second kappa shape index (κ2) is 10.5. The lowest BCUT2D eigenvalue weighted by molar-refractivity contribution is -0.128. The minimum atomic E-state index is -0.0490. The zero-order valence-electron chi connectivity index (χ0n) is 17.5. The largest absolute Gasteiger partial charge is 0.379 e. The van der Waals surface area contributed by atoms with Gasteiger partial charge in [-0.2, -0.15) is 11.3 Å². The Balaban J connectivity index is 1.50. The van der Waals surface area contributed by atoms with Crippen LogP contribution in [0.15, 0.2) is 59.7 Å². The minimum Gasteiger partial charge on any atom is -0.379 e. The second-order valence-corrected chi connectivity index (χ2v) is 7.81. The highest BCUT2D eigenvalue weighted by molar-refractivity contribution is 7.08. The Hall–Kier alpha value is -2.85. The molecule has 0 atom stereocenters. The van der Waals surface area contributed by atoms with E-state index in [1.54, 1.807) is 29.9 Å². The third-order valence-corrected chi connectivity index (χ3v) is 5.68. The van der Waals surface area contributed by atoms with Gasteiger partial charge in [-0.1, -0.05) is 13.0 Å². The zero-order valence-corrected chi connectivity index (χ0v) is 18.3. The zero-order chi connectivity index (χ0) is 21.5. The average molecular weight is 439 g/mol. The van der Waals surface area contributed by atoms with Crippen LogP contribution in [0.1, 0.15) is 6.92 Å². The van der Waals surface area contributed by atoms with Crippen molar-refractivity contribution < 1.29 is 9.53 Å². The summed E-state index contributed by atoms with van der Waals surface area (Å²) < 4.78 is 5.42. The van der Waals surface area contributed by atoms with Gasteiger partial charge in [-0.15, -0.1) is 0 Å². The van der Waals surface area contributed by atoms with E-state index in [4.69, 9.17) is 4.74 Å². The van der Waals surface area contributed by atoms with Gasteiger partial charge in [0.1, 0.15) is 0 Å². The number of hydrogen-bond acceptors (Lipinski definition) is 8. The minimum absolute atomic E-state index is 0.0490. The second-order valence-electron chi connectivity index (χ2n) is 7.03. The van der Waals surface area contributed by atoms with Crippen molar-refractivity contribution in [2.24, 2.45) is 0 Å². The van der Waals surface area contributed by atoms with Crippen molar-refractivity contribution in [3.8, 4) is 0 Å². The van der Waals surface area contributed by atoms with E-state index < -0.39 is 0 Å². The predicted molar refractivity (Wildman–Crippen MR) is 123 cm³/mol. The SMILES string of the molecule is CCN(CC(=O)Nc1cccc(N(c2ccsc2)c2cnccn2)c1)N1CCOCC1. The summed E-state index contributed by atoms with van der Waals surface area (Å²) in [5.74, 6) is 0.668. The van der Waals surface area contributed by atoms with Gasteiger partial charge in [-0.05, 0) is 29.6 Å². The molecule has 1 amide bonds. The number of ether oxygens (including phenoxy) is 1. The number of carbonyl (C=O) groups excluding carboxylic acids is 1. The molecule has 9 heteroatoms. The molecule has 8 nitrogen and oxygen atoms in total. The van der Waals surface area contributed by atoms with E-state index in [9.17, 15) is 4.79 Å². The molecule has 3 heterocycles. The van der Waals surface area contributed by atoms with Gasteiger partial charge in [-0.3, -0.25) is 14.7 Å². The van der Waals surface area contributed by atoms with Crippen LogP contribution in [0.25, 0.3) is 0 Å². The number of carbonyl (C=O) groups is 1. The lowest BCUT2D eigenvalue weighted by atomic mass is 10.2. The Labute approximate surface area is 186 Å². The maximum atomic E-state index is 12.8. The van der Waals surface area contributed by atoms with Crippen molar-refractivity contribution >= 4 is 40.1 Å². The number of morpholine rings is 1. The summed E-state index contributed by atoms with van der Waals surface area (Å²) in [6.07, 6.45) is 5.05. The van der Waals surface area contributed by atoms with Crippen LogP contribution in [-0.4, -0.2) is 65.3 Å². The summed E-state index contributed by atoms with van der Waals surface area (Å²) in [7, 11) is 0. The molecule has 0 radical (unpaired) electrons. The summed E-state index contributed by atoms with van der Waals surface area (Å²) in [5, 5.41) is 11.4. The number of aromatic nitrogens is 2. The number of hydrazine groups is 1. The first-order valence-electron chi connectivity index (χ1n) is 10.3. The van der Waals surface area contributed by atoms with E-state index in [2.05, 4.69) is 37.6 Å². The molecule has 1 saturated heterocycles. The Kier molecular flexibility index (Phi) is 7.21. The third-order valence-electron chi connectivity index (χ3n) is 5.01. The monoisotopic (exact) mass is 438 g/mol. The van der Waals surface area contributed by atoms with E-state index in [1.165, 1.54) is 0 Å². The van der Waals surface area contributed by atoms with Gasteiger partial charge < -0.3 is 10.1 Å². The Morgan fingerprint density at radius 2 is 2.10 bits per heavy atom. The van der Waals surface area contributed by atoms with E-state index in [-0.39, 0.29) is 5.91 Å². The van der Waals surface area contributed by atoms with Crippen LogP contribution in [0.3, 0.4) is 0 Å². The fraction of sp³-hybridized carbons (Fsp3) is 0.318. The van der Waals surface area contributed by atoms with E-state index in [0.717, 1.165) is 36.7 Å². The summed E-state index contributed by atoms with van der Waals surface area (Å²) >= 11 is 1.62. The van der Waals surface area contributed by atoms with Gasteiger partial charge in [0.15, 0.2) is 5.82 Å². The first-order valence-corrected chi connectivity index (χ1v) is 11.2. The molecule has 1 aromatic carbocycles. The molecule has 0 bridgehead atoms. The van der Waals surface area contributed by atoms with Gasteiger partial charge in [0.05, 0.1) is 31.6 Å². The molecular formula is C22H26N6O2S. The Morgan fingerprint density at radius 3 is 2.81 bits per heavy atom. The number of amides is 1. The number of anilines is 4. The lowest BCUT2D eigenvalue weighted by Crippen LogP contribution is -2.51. The van der Waals surface area contributed by atoms with Gasteiger partial charge in [0.2, 0.25) is 5.91 Å². The van der Waals surface area contributed by atoms with Gasteiger partial charge in [-0.25, -0.2) is 15.0 Å². The van der Waals surface area contributed by atoms with Crippen LogP contribution in [0.4, 0.5) is 22.9 Å². The molecule has 1 aliphatic rings. The van der Waals surface area contributed by atoms with Crippen molar-refractivity contribution in [3.05, 3.63) is 59.7 Å². The standard InChI is InChI=1S/C22H26N6O2S/c1-2-26(27-9-11-30-12-10-27)16-22(29)25-18-4-3-5-19(14-18)28(20-6-13-31-17-20)21-15-23-7-8-24-21/h3-8,13-15,17H,2,9-12,16H2,1H3,(H,25,29). The first-order chi connectivity index (χ1) is 15.2. The van der Waals surface area contributed by atoms with Gasteiger partial charge in [0.25, 0.3) is 0 Å². The molecule has 162 valence electrons. The number of nitrogens with one attached hydrogen (secondary N) is 1. The maximum Gasteiger partial charge on any atom is 0.240 e. The van der Waals surface area contributed by atoms with Gasteiger partial charge >= 0.3 is 0 Å². The lowest BCUT2D eigenvalue weighted by Gasteiger charge is -2.36. The molecule has 0 spiro atoms. The summed E-state index contributed by atoms with van der Waals surface area (Å²) in [5.41, 5.74) is 2.64. The fourth-order valence-corrected chi connectivity index (χ4v) is 4.16. The van der Waals surface area contributed by atoms with Gasteiger partial charge in [0, 0.05) is 48.8 Å². The molecule has 4 rings (SSSR count). The molecule has 31 heavy (non-hydrogen) atoms. The van der Waals surface area contributed by atoms with E-state index >= 15 is 0 Å². The van der Waals surface area contributed by atoms with Crippen molar-refractivity contribution in [3.63, 3.8) is 0 Å². The molecule has 1 aliphatic heterocycles.